The highest BCUT2D eigenvalue weighted by Gasteiger charge is 2.19. The van der Waals surface area contributed by atoms with Crippen LogP contribution in [0, 0.1) is 0 Å². The molecule has 0 radical (unpaired) electrons. The van der Waals surface area contributed by atoms with Crippen LogP contribution in [-0.4, -0.2) is 55.6 Å². The summed E-state index contributed by atoms with van der Waals surface area (Å²) in [6.45, 7) is 9.04. The summed E-state index contributed by atoms with van der Waals surface area (Å²) in [4.78, 5) is 31.6. The maximum absolute atomic E-state index is 12.4. The Hall–Kier alpha value is -4.34. The maximum Gasteiger partial charge on any atom is 0.257 e. The Morgan fingerprint density at radius 2 is 1.68 bits per heavy atom. The summed E-state index contributed by atoms with van der Waals surface area (Å²) in [6, 6.07) is 19.5. The number of hydrogen-bond acceptors (Lipinski definition) is 7. The van der Waals surface area contributed by atoms with Crippen LogP contribution in [-0.2, 0) is 6.54 Å². The number of rotatable bonds is 5. The predicted octanol–water partition coefficient (Wildman–Crippen LogP) is 3.85. The molecule has 194 valence electrons. The minimum atomic E-state index is -0.190. The average molecular weight is 509 g/mol. The van der Waals surface area contributed by atoms with E-state index in [-0.39, 0.29) is 5.56 Å². The molecule has 5 heterocycles. The minimum Gasteiger partial charge on any atom is -0.383 e. The molecule has 1 saturated heterocycles. The summed E-state index contributed by atoms with van der Waals surface area (Å²) >= 11 is 0. The molecule has 5 aromatic rings. The van der Waals surface area contributed by atoms with Crippen LogP contribution < -0.4 is 16.6 Å². The van der Waals surface area contributed by atoms with Crippen LogP contribution in [0.25, 0.3) is 39.5 Å². The van der Waals surface area contributed by atoms with Crippen LogP contribution >= 0.6 is 0 Å². The van der Waals surface area contributed by atoms with Crippen molar-refractivity contribution in [2.75, 3.05) is 31.9 Å². The van der Waals surface area contributed by atoms with E-state index in [0.29, 0.717) is 34.1 Å². The molecule has 6 rings (SSSR count). The summed E-state index contributed by atoms with van der Waals surface area (Å²) in [5, 5.41) is 3.40. The predicted molar refractivity (Wildman–Crippen MR) is 152 cm³/mol. The fourth-order valence-corrected chi connectivity index (χ4v) is 4.64. The van der Waals surface area contributed by atoms with E-state index in [1.807, 2.05) is 42.7 Å². The van der Waals surface area contributed by atoms with E-state index < -0.39 is 0 Å². The zero-order chi connectivity index (χ0) is 26.5. The molecule has 0 unspecified atom stereocenters. The lowest BCUT2D eigenvalue weighted by molar-refractivity contribution is 0.233. The van der Waals surface area contributed by atoms with Crippen LogP contribution in [0.3, 0.4) is 0 Å². The molecule has 1 fully saturated rings. The molecule has 9 nitrogen and oxygen atoms in total. The van der Waals surface area contributed by atoms with Crippen molar-refractivity contribution in [1.29, 1.82) is 0 Å². The number of pyridine rings is 3. The average Bonchev–Trinajstić information content (AvgIpc) is 3.34. The molecule has 0 saturated carbocycles. The summed E-state index contributed by atoms with van der Waals surface area (Å²) in [5.41, 5.74) is 11.4. The summed E-state index contributed by atoms with van der Waals surface area (Å²) < 4.78 is 1.98. The van der Waals surface area contributed by atoms with E-state index in [1.54, 1.807) is 24.5 Å². The molecule has 0 bridgehead atoms. The third kappa shape index (κ3) is 5.06. The van der Waals surface area contributed by atoms with E-state index in [0.717, 1.165) is 44.0 Å². The van der Waals surface area contributed by atoms with Gasteiger partial charge in [-0.1, -0.05) is 26.0 Å². The van der Waals surface area contributed by atoms with Crippen LogP contribution in [0.15, 0.2) is 77.9 Å². The first-order chi connectivity index (χ1) is 18.7. The fraction of sp³-hybridized carbons (Fsp3) is 0.241. The third-order valence-corrected chi connectivity index (χ3v) is 6.49. The van der Waals surface area contributed by atoms with Gasteiger partial charge in [0.1, 0.15) is 11.3 Å². The first-order valence-corrected chi connectivity index (χ1v) is 13.0. The van der Waals surface area contributed by atoms with Gasteiger partial charge in [0.2, 0.25) is 0 Å². The summed E-state index contributed by atoms with van der Waals surface area (Å²) in [5.74, 6) is 1.04. The van der Waals surface area contributed by atoms with E-state index in [4.69, 9.17) is 15.7 Å². The maximum atomic E-state index is 12.4. The van der Waals surface area contributed by atoms with Crippen molar-refractivity contribution in [2.24, 2.45) is 0 Å². The molecule has 0 spiro atoms. The fourth-order valence-electron chi connectivity index (χ4n) is 4.64. The molecule has 38 heavy (non-hydrogen) atoms. The van der Waals surface area contributed by atoms with Gasteiger partial charge < -0.3 is 16.0 Å². The Morgan fingerprint density at radius 3 is 2.42 bits per heavy atom. The minimum absolute atomic E-state index is 0.190. The molecule has 0 atom stereocenters. The number of H-pyrrole nitrogens is 1. The lowest BCUT2D eigenvalue weighted by Crippen LogP contribution is -2.42. The Kier molecular flexibility index (Phi) is 7.57. The third-order valence-electron chi connectivity index (χ3n) is 6.49. The highest BCUT2D eigenvalue weighted by molar-refractivity contribution is 5.84. The highest BCUT2D eigenvalue weighted by Crippen LogP contribution is 2.31. The van der Waals surface area contributed by atoms with Crippen molar-refractivity contribution in [3.8, 4) is 28.3 Å². The number of nitrogen functional groups attached to an aromatic ring is 1. The van der Waals surface area contributed by atoms with Gasteiger partial charge >= 0.3 is 0 Å². The van der Waals surface area contributed by atoms with Gasteiger partial charge in [-0.3, -0.25) is 14.3 Å². The van der Waals surface area contributed by atoms with Crippen LogP contribution in [0.5, 0.6) is 0 Å². The first kappa shape index (κ1) is 25.3. The van der Waals surface area contributed by atoms with Crippen LogP contribution in [0.1, 0.15) is 19.4 Å². The van der Waals surface area contributed by atoms with Gasteiger partial charge in [0.15, 0.2) is 11.5 Å². The second kappa shape index (κ2) is 11.4. The Labute approximate surface area is 221 Å². The summed E-state index contributed by atoms with van der Waals surface area (Å²) in [6.07, 6.45) is 3.27. The van der Waals surface area contributed by atoms with Gasteiger partial charge in [0, 0.05) is 50.8 Å². The zero-order valence-electron chi connectivity index (χ0n) is 21.7. The number of benzene rings is 1. The normalized spacial score (nSPS) is 13.7. The largest absolute Gasteiger partial charge is 0.383 e. The lowest BCUT2D eigenvalue weighted by Gasteiger charge is -2.27. The highest BCUT2D eigenvalue weighted by atomic mass is 16.1. The summed E-state index contributed by atoms with van der Waals surface area (Å²) in [7, 11) is 0. The topological polar surface area (TPSA) is 118 Å². The second-order valence-electron chi connectivity index (χ2n) is 8.85. The number of nitrogens with two attached hydrogens (primary N) is 1. The molecule has 9 heteroatoms. The number of aromatic nitrogens is 5. The molecule has 0 aliphatic carbocycles. The number of imidazole rings is 1. The van der Waals surface area contributed by atoms with Gasteiger partial charge in [-0.15, -0.1) is 0 Å². The van der Waals surface area contributed by atoms with Gasteiger partial charge in [-0.2, -0.15) is 0 Å². The van der Waals surface area contributed by atoms with Crippen LogP contribution in [0.2, 0.25) is 0 Å². The van der Waals surface area contributed by atoms with Crippen molar-refractivity contribution in [3.05, 3.63) is 89.0 Å². The van der Waals surface area contributed by atoms with Crippen molar-refractivity contribution >= 4 is 17.0 Å². The number of anilines is 1. The number of aromatic amines is 1. The smallest absolute Gasteiger partial charge is 0.257 e. The van der Waals surface area contributed by atoms with E-state index in [9.17, 15) is 4.79 Å². The lowest BCUT2D eigenvalue weighted by atomic mass is 10.1. The number of hydrogen-bond donors (Lipinski definition) is 3. The molecule has 0 amide bonds. The van der Waals surface area contributed by atoms with Crippen molar-refractivity contribution < 1.29 is 0 Å². The van der Waals surface area contributed by atoms with Gasteiger partial charge in [-0.25, -0.2) is 15.0 Å². The SMILES string of the molecule is CC.Nc1ncccc1-c1nc2ccc(-c3ccc[nH]c3=O)nc2n1-c1ccc(CN2CCNCC2)cc1. The number of piperazine rings is 1. The number of nitrogens with one attached hydrogen (secondary N) is 2. The molecule has 4 aromatic heterocycles. The Morgan fingerprint density at radius 1 is 0.921 bits per heavy atom. The molecular formula is C29H32N8O. The van der Waals surface area contributed by atoms with Crippen LogP contribution in [0.4, 0.5) is 5.82 Å². The van der Waals surface area contributed by atoms with Crippen molar-refractivity contribution in [2.45, 2.75) is 20.4 Å². The molecule has 1 aromatic carbocycles. The van der Waals surface area contributed by atoms with Gasteiger partial charge in [0.25, 0.3) is 5.56 Å². The quantitative estimate of drug-likeness (QED) is 0.330. The molecular weight excluding hydrogens is 476 g/mol. The second-order valence-corrected chi connectivity index (χ2v) is 8.85. The van der Waals surface area contributed by atoms with E-state index in [2.05, 4.69) is 44.5 Å². The standard InChI is InChI=1S/C27H26N8O.C2H6/c28-24-21(4-2-11-30-24)25-33-23-10-9-22(20-3-1-12-31-27(20)36)32-26(23)35(25)19-7-5-18(6-8-19)17-34-15-13-29-14-16-34;1-2/h1-12,29H,13-17H2,(H2,28,30)(H,31,36);1-2H3. The molecule has 1 aliphatic rings. The van der Waals surface area contributed by atoms with Gasteiger partial charge in [-0.05, 0) is 54.1 Å². The Bertz CT molecular complexity index is 1580. The van der Waals surface area contributed by atoms with E-state index >= 15 is 0 Å². The van der Waals surface area contributed by atoms with E-state index in [1.165, 1.54) is 5.56 Å². The van der Waals surface area contributed by atoms with Gasteiger partial charge in [0.05, 0.1) is 16.8 Å². The first-order valence-electron chi connectivity index (χ1n) is 13.0. The number of nitrogens with zero attached hydrogens (tertiary/aromatic N) is 5. The van der Waals surface area contributed by atoms with Crippen molar-refractivity contribution in [1.82, 2.24) is 34.7 Å². The van der Waals surface area contributed by atoms with Crippen molar-refractivity contribution in [3.63, 3.8) is 0 Å². The Balaban J connectivity index is 0.00000144. The zero-order valence-corrected chi connectivity index (χ0v) is 21.7. The monoisotopic (exact) mass is 508 g/mol. The molecule has 1 aliphatic heterocycles. The number of fused-ring (bicyclic) bond motifs is 1. The molecule has 4 N–H and O–H groups in total.